The number of nitro benzene ring substituents is 1. The van der Waals surface area contributed by atoms with E-state index < -0.39 is 11.0 Å². The number of nitrogens with zero attached hydrogens (tertiary/aromatic N) is 1. The highest BCUT2D eigenvalue weighted by molar-refractivity contribution is 9.10. The first kappa shape index (κ1) is 15.2. The average Bonchev–Trinajstić information content (AvgIpc) is 2.49. The van der Waals surface area contributed by atoms with Crippen LogP contribution in [0.2, 0.25) is 0 Å². The fourth-order valence-electron chi connectivity index (χ4n) is 1.78. The van der Waals surface area contributed by atoms with Gasteiger partial charge in [-0.2, -0.15) is 0 Å². The summed E-state index contributed by atoms with van der Waals surface area (Å²) in [5.74, 6) is 0.0787. The van der Waals surface area contributed by atoms with Gasteiger partial charge >= 0.3 is 0 Å². The molecule has 1 unspecified atom stereocenters. The molecular weight excluding hydrogens is 338 g/mol. The van der Waals surface area contributed by atoms with Crippen LogP contribution in [0.4, 0.5) is 5.69 Å². The molecule has 2 rings (SSSR count). The molecule has 0 bridgehead atoms. The van der Waals surface area contributed by atoms with E-state index in [0.717, 1.165) is 0 Å². The second-order valence-corrected chi connectivity index (χ2v) is 5.22. The Morgan fingerprint density at radius 3 is 2.52 bits per heavy atom. The monoisotopic (exact) mass is 349 g/mol. The number of rotatable bonds is 5. The van der Waals surface area contributed by atoms with Crippen molar-refractivity contribution in [3.63, 3.8) is 0 Å². The molecule has 0 spiro atoms. The predicted molar refractivity (Wildman–Crippen MR) is 81.7 cm³/mol. The summed E-state index contributed by atoms with van der Waals surface area (Å²) in [5.41, 5.74) is 0.444. The zero-order valence-corrected chi connectivity index (χ0v) is 12.7. The number of nitro groups is 1. The lowest BCUT2D eigenvalue weighted by atomic mass is 10.1. The first-order chi connectivity index (χ1) is 9.99. The number of hydrogen-bond acceptors (Lipinski definition) is 4. The fourth-order valence-corrected chi connectivity index (χ4v) is 2.12. The Balaban J connectivity index is 2.19. The van der Waals surface area contributed by atoms with E-state index in [9.17, 15) is 14.9 Å². The van der Waals surface area contributed by atoms with E-state index in [-0.39, 0.29) is 17.2 Å². The molecule has 0 amide bonds. The van der Waals surface area contributed by atoms with Crippen LogP contribution >= 0.6 is 15.9 Å². The van der Waals surface area contributed by atoms with Gasteiger partial charge in [-0.25, -0.2) is 0 Å². The number of carbonyl (C=O) groups excluding carboxylic acids is 1. The molecule has 0 saturated carbocycles. The van der Waals surface area contributed by atoms with Crippen molar-refractivity contribution in [2.75, 3.05) is 0 Å². The Kier molecular flexibility index (Phi) is 4.70. The van der Waals surface area contributed by atoms with Crippen molar-refractivity contribution in [2.24, 2.45) is 0 Å². The van der Waals surface area contributed by atoms with Crippen LogP contribution in [0, 0.1) is 10.1 Å². The molecule has 1 atom stereocenters. The van der Waals surface area contributed by atoms with Crippen molar-refractivity contribution < 1.29 is 14.5 Å². The lowest BCUT2D eigenvalue weighted by Crippen LogP contribution is -2.24. The van der Waals surface area contributed by atoms with Gasteiger partial charge in [0.05, 0.1) is 15.5 Å². The molecule has 6 heteroatoms. The van der Waals surface area contributed by atoms with Gasteiger partial charge in [0.25, 0.3) is 5.69 Å². The quantitative estimate of drug-likeness (QED) is 0.464. The van der Waals surface area contributed by atoms with Gasteiger partial charge in [-0.3, -0.25) is 14.9 Å². The number of benzene rings is 2. The third kappa shape index (κ3) is 3.66. The molecule has 0 aromatic heterocycles. The van der Waals surface area contributed by atoms with E-state index in [0.29, 0.717) is 10.0 Å². The van der Waals surface area contributed by atoms with Crippen molar-refractivity contribution in [1.82, 2.24) is 0 Å². The molecule has 0 fully saturated rings. The van der Waals surface area contributed by atoms with Gasteiger partial charge in [0, 0.05) is 11.6 Å². The number of halogens is 1. The molecule has 0 aliphatic heterocycles. The Labute approximate surface area is 129 Å². The van der Waals surface area contributed by atoms with Crippen molar-refractivity contribution in [2.45, 2.75) is 13.0 Å². The van der Waals surface area contributed by atoms with Crippen LogP contribution in [0.15, 0.2) is 53.0 Å². The number of ether oxygens (including phenoxy) is 1. The number of ketones is 1. The highest BCUT2D eigenvalue weighted by Crippen LogP contribution is 2.30. The minimum Gasteiger partial charge on any atom is -0.481 e. The summed E-state index contributed by atoms with van der Waals surface area (Å²) in [7, 11) is 0. The maximum absolute atomic E-state index is 12.2. The molecule has 108 valence electrons. The number of Topliss-reactive ketones (excluding diaryl/α,β-unsaturated/α-hetero) is 1. The van der Waals surface area contributed by atoms with Crippen LogP contribution in [0.1, 0.15) is 17.3 Å². The summed E-state index contributed by atoms with van der Waals surface area (Å²) >= 11 is 3.25. The lowest BCUT2D eigenvalue weighted by Gasteiger charge is -2.14. The standard InChI is InChI=1S/C15H12BrNO4/c1-10(15(18)11-5-3-2-4-6-11)21-14-9-12(17(19)20)7-8-13(14)16/h2-10H,1H3. The van der Waals surface area contributed by atoms with E-state index >= 15 is 0 Å². The molecule has 0 heterocycles. The third-order valence-electron chi connectivity index (χ3n) is 2.86. The smallest absolute Gasteiger partial charge is 0.273 e. The summed E-state index contributed by atoms with van der Waals surface area (Å²) in [6.45, 7) is 1.61. The number of hydrogen-bond donors (Lipinski definition) is 0. The second kappa shape index (κ2) is 6.49. The molecule has 0 aliphatic rings. The maximum atomic E-state index is 12.2. The zero-order valence-electron chi connectivity index (χ0n) is 11.2. The van der Waals surface area contributed by atoms with Crippen LogP contribution in [0.25, 0.3) is 0 Å². The van der Waals surface area contributed by atoms with E-state index in [1.54, 1.807) is 31.2 Å². The van der Waals surface area contributed by atoms with Gasteiger partial charge < -0.3 is 4.74 Å². The van der Waals surface area contributed by atoms with Crippen molar-refractivity contribution >= 4 is 27.4 Å². The van der Waals surface area contributed by atoms with E-state index in [2.05, 4.69) is 15.9 Å². The van der Waals surface area contributed by atoms with Crippen molar-refractivity contribution in [3.05, 3.63) is 68.7 Å². The molecule has 5 nitrogen and oxygen atoms in total. The molecule has 0 aliphatic carbocycles. The van der Waals surface area contributed by atoms with Gasteiger partial charge in [-0.15, -0.1) is 0 Å². The molecular formula is C15H12BrNO4. The van der Waals surface area contributed by atoms with Crippen molar-refractivity contribution in [1.29, 1.82) is 0 Å². The zero-order chi connectivity index (χ0) is 15.4. The van der Waals surface area contributed by atoms with Crippen LogP contribution in [-0.4, -0.2) is 16.8 Å². The summed E-state index contributed by atoms with van der Waals surface area (Å²) in [4.78, 5) is 22.5. The number of non-ortho nitro benzene ring substituents is 1. The molecule has 0 radical (unpaired) electrons. The van der Waals surface area contributed by atoms with Crippen LogP contribution < -0.4 is 4.74 Å². The summed E-state index contributed by atoms with van der Waals surface area (Å²) in [6.07, 6.45) is -0.745. The van der Waals surface area contributed by atoms with Gasteiger partial charge in [0.1, 0.15) is 5.75 Å². The molecule has 2 aromatic carbocycles. The normalized spacial score (nSPS) is 11.7. The summed E-state index contributed by atoms with van der Waals surface area (Å²) in [6, 6.07) is 12.9. The molecule has 0 N–H and O–H groups in total. The van der Waals surface area contributed by atoms with Crippen LogP contribution in [0.3, 0.4) is 0 Å². The van der Waals surface area contributed by atoms with E-state index in [4.69, 9.17) is 4.74 Å². The topological polar surface area (TPSA) is 69.4 Å². The average molecular weight is 350 g/mol. The maximum Gasteiger partial charge on any atom is 0.273 e. The van der Waals surface area contributed by atoms with E-state index in [1.165, 1.54) is 18.2 Å². The van der Waals surface area contributed by atoms with Gasteiger partial charge in [0.2, 0.25) is 5.78 Å². The summed E-state index contributed by atoms with van der Waals surface area (Å²) < 4.78 is 6.11. The van der Waals surface area contributed by atoms with Gasteiger partial charge in [-0.1, -0.05) is 30.3 Å². The molecule has 2 aromatic rings. The first-order valence-corrected chi connectivity index (χ1v) is 6.98. The second-order valence-electron chi connectivity index (χ2n) is 4.36. The van der Waals surface area contributed by atoms with Crippen LogP contribution in [-0.2, 0) is 0 Å². The summed E-state index contributed by atoms with van der Waals surface area (Å²) in [5, 5.41) is 10.8. The Morgan fingerprint density at radius 1 is 1.24 bits per heavy atom. The number of carbonyl (C=O) groups is 1. The Morgan fingerprint density at radius 2 is 1.90 bits per heavy atom. The highest BCUT2D eigenvalue weighted by atomic mass is 79.9. The fraction of sp³-hybridized carbons (Fsp3) is 0.133. The van der Waals surface area contributed by atoms with Gasteiger partial charge in [0.15, 0.2) is 6.10 Å². The SMILES string of the molecule is CC(Oc1cc([N+](=O)[O-])ccc1Br)C(=O)c1ccccc1. The predicted octanol–water partition coefficient (Wildman–Crippen LogP) is 4.01. The minimum atomic E-state index is -0.745. The first-order valence-electron chi connectivity index (χ1n) is 6.19. The highest BCUT2D eigenvalue weighted by Gasteiger charge is 2.19. The lowest BCUT2D eigenvalue weighted by molar-refractivity contribution is -0.385. The largest absolute Gasteiger partial charge is 0.481 e. The van der Waals surface area contributed by atoms with Crippen LogP contribution in [0.5, 0.6) is 5.75 Å². The van der Waals surface area contributed by atoms with Crippen molar-refractivity contribution in [3.8, 4) is 5.75 Å². The minimum absolute atomic E-state index is 0.0902. The molecule has 0 saturated heterocycles. The Hall–Kier alpha value is -2.21. The van der Waals surface area contributed by atoms with E-state index in [1.807, 2.05) is 6.07 Å². The Bertz CT molecular complexity index is 673. The third-order valence-corrected chi connectivity index (χ3v) is 3.51. The van der Waals surface area contributed by atoms with Gasteiger partial charge in [-0.05, 0) is 28.9 Å². The molecule has 21 heavy (non-hydrogen) atoms.